The van der Waals surface area contributed by atoms with Gasteiger partial charge in [-0.15, -0.1) is 0 Å². The summed E-state index contributed by atoms with van der Waals surface area (Å²) in [4.78, 5) is 7.62. The fraction of sp³-hybridized carbons (Fsp3) is 0. The zero-order chi connectivity index (χ0) is 16.1. The van der Waals surface area contributed by atoms with E-state index in [4.69, 9.17) is 0 Å². The highest BCUT2D eigenvalue weighted by molar-refractivity contribution is 6.26. The molecule has 0 radical (unpaired) electrons. The molecule has 4 heteroatoms. The standard InChI is InChI=1S/C20H13N3O/c24-23-19-16-5-2-1-4-15(16)18-14(6-3-7-17(18)19)13-10-12-8-9-21-20(12)22-11-13/h1-11,24H,(H,21,22). The van der Waals surface area contributed by atoms with Gasteiger partial charge in [0.05, 0.1) is 0 Å². The lowest BCUT2D eigenvalue weighted by Gasteiger charge is -2.09. The highest BCUT2D eigenvalue weighted by Crippen LogP contribution is 2.43. The molecule has 1 aliphatic rings. The van der Waals surface area contributed by atoms with E-state index in [1.807, 2.05) is 48.8 Å². The molecule has 2 N–H and O–H groups in total. The first kappa shape index (κ1) is 13.1. The van der Waals surface area contributed by atoms with Gasteiger partial charge >= 0.3 is 0 Å². The fourth-order valence-electron chi connectivity index (χ4n) is 3.53. The number of fused-ring (bicyclic) bond motifs is 4. The molecule has 0 bridgehead atoms. The van der Waals surface area contributed by atoms with Gasteiger partial charge in [0.1, 0.15) is 11.4 Å². The lowest BCUT2D eigenvalue weighted by atomic mass is 9.95. The van der Waals surface area contributed by atoms with Crippen LogP contribution in [-0.2, 0) is 0 Å². The highest BCUT2D eigenvalue weighted by atomic mass is 16.4. The van der Waals surface area contributed by atoms with Crippen LogP contribution in [0, 0.1) is 0 Å². The van der Waals surface area contributed by atoms with E-state index in [9.17, 15) is 5.21 Å². The summed E-state index contributed by atoms with van der Waals surface area (Å²) >= 11 is 0. The van der Waals surface area contributed by atoms with Crippen molar-refractivity contribution in [1.82, 2.24) is 9.97 Å². The van der Waals surface area contributed by atoms with E-state index >= 15 is 0 Å². The maximum Gasteiger partial charge on any atom is 0.137 e. The minimum Gasteiger partial charge on any atom is -0.410 e. The topological polar surface area (TPSA) is 61.3 Å². The first-order valence-electron chi connectivity index (χ1n) is 7.75. The van der Waals surface area contributed by atoms with Crippen LogP contribution < -0.4 is 0 Å². The van der Waals surface area contributed by atoms with Crippen molar-refractivity contribution in [1.29, 1.82) is 0 Å². The van der Waals surface area contributed by atoms with Crippen LogP contribution in [0.3, 0.4) is 0 Å². The van der Waals surface area contributed by atoms with Gasteiger partial charge in [0, 0.05) is 34.5 Å². The van der Waals surface area contributed by atoms with E-state index in [0.29, 0.717) is 5.71 Å². The van der Waals surface area contributed by atoms with Gasteiger partial charge in [-0.1, -0.05) is 47.6 Å². The first-order chi connectivity index (χ1) is 11.9. The number of rotatable bonds is 1. The summed E-state index contributed by atoms with van der Waals surface area (Å²) in [6, 6.07) is 18.2. The van der Waals surface area contributed by atoms with Gasteiger partial charge in [-0.3, -0.25) is 0 Å². The van der Waals surface area contributed by atoms with Crippen molar-refractivity contribution in [3.63, 3.8) is 0 Å². The molecular weight excluding hydrogens is 298 g/mol. The number of aromatic amines is 1. The van der Waals surface area contributed by atoms with E-state index < -0.39 is 0 Å². The lowest BCUT2D eigenvalue weighted by molar-refractivity contribution is 0.320. The van der Waals surface area contributed by atoms with Gasteiger partial charge in [-0.2, -0.15) is 0 Å². The average Bonchev–Trinajstić information content (AvgIpc) is 3.22. The van der Waals surface area contributed by atoms with Crippen LogP contribution >= 0.6 is 0 Å². The minimum atomic E-state index is 0.623. The van der Waals surface area contributed by atoms with E-state index in [0.717, 1.165) is 44.4 Å². The Bertz CT molecular complexity index is 1120. The Morgan fingerprint density at radius 3 is 2.54 bits per heavy atom. The molecule has 4 aromatic rings. The molecule has 2 aromatic carbocycles. The Labute approximate surface area is 138 Å². The number of H-pyrrole nitrogens is 1. The molecule has 0 aliphatic heterocycles. The Kier molecular flexibility index (Phi) is 2.61. The van der Waals surface area contributed by atoms with Crippen molar-refractivity contribution in [2.45, 2.75) is 0 Å². The van der Waals surface area contributed by atoms with Gasteiger partial charge in [0.25, 0.3) is 0 Å². The zero-order valence-corrected chi connectivity index (χ0v) is 12.7. The third kappa shape index (κ3) is 1.68. The van der Waals surface area contributed by atoms with Crippen molar-refractivity contribution in [3.8, 4) is 22.3 Å². The summed E-state index contributed by atoms with van der Waals surface area (Å²) in [7, 11) is 0. The molecule has 4 nitrogen and oxygen atoms in total. The average molecular weight is 311 g/mol. The number of hydrogen-bond acceptors (Lipinski definition) is 3. The highest BCUT2D eigenvalue weighted by Gasteiger charge is 2.27. The molecule has 0 atom stereocenters. The normalized spacial score (nSPS) is 14.1. The molecule has 0 unspecified atom stereocenters. The van der Waals surface area contributed by atoms with Crippen LogP contribution in [0.15, 0.2) is 72.1 Å². The number of benzene rings is 2. The molecule has 1 aliphatic carbocycles. The maximum atomic E-state index is 9.51. The van der Waals surface area contributed by atoms with Crippen molar-refractivity contribution < 1.29 is 5.21 Å². The number of oxime groups is 1. The molecular formula is C20H13N3O. The molecule has 2 heterocycles. The number of nitrogens with one attached hydrogen (secondary N) is 1. The van der Waals surface area contributed by atoms with Crippen LogP contribution in [0.5, 0.6) is 0 Å². The van der Waals surface area contributed by atoms with E-state index in [-0.39, 0.29) is 0 Å². The number of nitrogens with zero attached hydrogens (tertiary/aromatic N) is 2. The second-order valence-electron chi connectivity index (χ2n) is 5.86. The Morgan fingerprint density at radius 1 is 0.875 bits per heavy atom. The van der Waals surface area contributed by atoms with Gasteiger partial charge in [-0.05, 0) is 28.8 Å². The zero-order valence-electron chi connectivity index (χ0n) is 12.7. The van der Waals surface area contributed by atoms with Crippen LogP contribution in [-0.4, -0.2) is 20.9 Å². The van der Waals surface area contributed by atoms with E-state index in [1.165, 1.54) is 0 Å². The summed E-state index contributed by atoms with van der Waals surface area (Å²) in [6.07, 6.45) is 3.77. The predicted molar refractivity (Wildman–Crippen MR) is 94.4 cm³/mol. The minimum absolute atomic E-state index is 0.623. The Morgan fingerprint density at radius 2 is 1.67 bits per heavy atom. The third-order valence-corrected chi connectivity index (χ3v) is 4.58. The smallest absolute Gasteiger partial charge is 0.137 e. The Hall–Kier alpha value is -3.40. The lowest BCUT2D eigenvalue weighted by Crippen LogP contribution is -1.97. The van der Waals surface area contributed by atoms with Crippen molar-refractivity contribution in [2.75, 3.05) is 0 Å². The van der Waals surface area contributed by atoms with Crippen molar-refractivity contribution in [2.24, 2.45) is 5.16 Å². The summed E-state index contributed by atoms with van der Waals surface area (Å²) < 4.78 is 0. The fourth-order valence-corrected chi connectivity index (χ4v) is 3.53. The summed E-state index contributed by atoms with van der Waals surface area (Å²) in [5.74, 6) is 0. The van der Waals surface area contributed by atoms with E-state index in [1.54, 1.807) is 0 Å². The number of pyridine rings is 1. The number of aromatic nitrogens is 2. The molecule has 0 fully saturated rings. The largest absolute Gasteiger partial charge is 0.410 e. The van der Waals surface area contributed by atoms with Gasteiger partial charge < -0.3 is 10.2 Å². The second kappa shape index (κ2) is 4.80. The third-order valence-electron chi connectivity index (χ3n) is 4.58. The van der Waals surface area contributed by atoms with Gasteiger partial charge in [-0.25, -0.2) is 4.98 Å². The summed E-state index contributed by atoms with van der Waals surface area (Å²) in [5.41, 5.74) is 7.73. The molecule has 114 valence electrons. The molecule has 0 spiro atoms. The van der Waals surface area contributed by atoms with Gasteiger partial charge in [0.2, 0.25) is 0 Å². The SMILES string of the molecule is ON=C1c2ccccc2-c2c1cccc2-c1cnc2[nH]ccc2c1. The van der Waals surface area contributed by atoms with Gasteiger partial charge in [0.15, 0.2) is 0 Å². The van der Waals surface area contributed by atoms with Crippen molar-refractivity contribution >= 4 is 16.7 Å². The quantitative estimate of drug-likeness (QED) is 0.355. The van der Waals surface area contributed by atoms with Crippen LogP contribution in [0.25, 0.3) is 33.3 Å². The predicted octanol–water partition coefficient (Wildman–Crippen LogP) is 4.44. The van der Waals surface area contributed by atoms with Crippen molar-refractivity contribution in [3.05, 3.63) is 78.1 Å². The molecule has 2 aromatic heterocycles. The van der Waals surface area contributed by atoms with E-state index in [2.05, 4.69) is 33.3 Å². The molecule has 0 saturated carbocycles. The van der Waals surface area contributed by atoms with Crippen LogP contribution in [0.4, 0.5) is 0 Å². The first-order valence-corrected chi connectivity index (χ1v) is 7.75. The molecule has 0 saturated heterocycles. The molecule has 24 heavy (non-hydrogen) atoms. The second-order valence-corrected chi connectivity index (χ2v) is 5.86. The monoisotopic (exact) mass is 311 g/mol. The van der Waals surface area contributed by atoms with Crippen LogP contribution in [0.2, 0.25) is 0 Å². The number of hydrogen-bond donors (Lipinski definition) is 2. The van der Waals surface area contributed by atoms with Crippen LogP contribution in [0.1, 0.15) is 11.1 Å². The summed E-state index contributed by atoms with van der Waals surface area (Å²) in [5, 5.41) is 14.1. The maximum absolute atomic E-state index is 9.51. The molecule has 5 rings (SSSR count). The Balaban J connectivity index is 1.83. The molecule has 0 amide bonds. The summed E-state index contributed by atoms with van der Waals surface area (Å²) in [6.45, 7) is 0.